The molecule has 0 saturated heterocycles. The van der Waals surface area contributed by atoms with Gasteiger partial charge in [0.1, 0.15) is 13.2 Å². The van der Waals surface area contributed by atoms with Crippen LogP contribution in [0.25, 0.3) is 0 Å². The normalized spacial score (nSPS) is 12.6. The van der Waals surface area contributed by atoms with Gasteiger partial charge in [0.2, 0.25) is 0 Å². The van der Waals surface area contributed by atoms with Gasteiger partial charge < -0.3 is 14.2 Å². The molecule has 0 aliphatic carbocycles. The van der Waals surface area contributed by atoms with E-state index in [0.29, 0.717) is 19.3 Å². The maximum atomic E-state index is 13.0. The minimum atomic E-state index is -0.783. The summed E-state index contributed by atoms with van der Waals surface area (Å²) in [7, 11) is 0. The summed E-state index contributed by atoms with van der Waals surface area (Å²) in [5.41, 5.74) is 0. The molecule has 474 valence electrons. The first-order valence-corrected chi connectivity index (χ1v) is 35.6. The van der Waals surface area contributed by atoms with E-state index in [2.05, 4.69) is 106 Å². The largest absolute Gasteiger partial charge is 0.462 e. The minimum absolute atomic E-state index is 0.0791. The van der Waals surface area contributed by atoms with Crippen molar-refractivity contribution in [3.63, 3.8) is 0 Å². The van der Waals surface area contributed by atoms with Crippen LogP contribution in [0.2, 0.25) is 0 Å². The lowest BCUT2D eigenvalue weighted by Gasteiger charge is -2.18. The highest BCUT2D eigenvalue weighted by molar-refractivity contribution is 5.71. The Morgan fingerprint density at radius 1 is 0.256 bits per heavy atom. The Hall–Kier alpha value is -3.41. The highest BCUT2D eigenvalue weighted by Gasteiger charge is 2.19. The quantitative estimate of drug-likeness (QED) is 0.0261. The van der Waals surface area contributed by atoms with Crippen LogP contribution in [0.3, 0.4) is 0 Å². The van der Waals surface area contributed by atoms with Crippen molar-refractivity contribution in [2.75, 3.05) is 13.2 Å². The van der Waals surface area contributed by atoms with Crippen LogP contribution in [0.15, 0.2) is 85.1 Å². The van der Waals surface area contributed by atoms with Crippen LogP contribution in [0, 0.1) is 0 Å². The Labute approximate surface area is 509 Å². The van der Waals surface area contributed by atoms with E-state index in [1.165, 1.54) is 212 Å². The Bertz CT molecular complexity index is 1550. The van der Waals surface area contributed by atoms with Crippen LogP contribution in [0.5, 0.6) is 0 Å². The molecule has 0 amide bonds. The van der Waals surface area contributed by atoms with E-state index >= 15 is 0 Å². The van der Waals surface area contributed by atoms with Crippen LogP contribution in [-0.4, -0.2) is 37.2 Å². The van der Waals surface area contributed by atoms with Crippen LogP contribution < -0.4 is 0 Å². The molecule has 0 heterocycles. The predicted octanol–water partition coefficient (Wildman–Crippen LogP) is 24.6. The van der Waals surface area contributed by atoms with Crippen molar-refractivity contribution < 1.29 is 28.6 Å². The van der Waals surface area contributed by atoms with Crippen molar-refractivity contribution in [2.24, 2.45) is 0 Å². The molecule has 0 aromatic rings. The number of esters is 3. The van der Waals surface area contributed by atoms with Gasteiger partial charge in [0.05, 0.1) is 0 Å². The van der Waals surface area contributed by atoms with E-state index in [-0.39, 0.29) is 31.1 Å². The molecule has 82 heavy (non-hydrogen) atoms. The first-order chi connectivity index (χ1) is 40.5. The number of ether oxygens (including phenoxy) is 3. The van der Waals surface area contributed by atoms with Gasteiger partial charge in [0, 0.05) is 19.3 Å². The van der Waals surface area contributed by atoms with Crippen molar-refractivity contribution in [3.8, 4) is 0 Å². The van der Waals surface area contributed by atoms with Gasteiger partial charge in [0.15, 0.2) is 6.10 Å². The molecule has 6 nitrogen and oxygen atoms in total. The zero-order valence-electron chi connectivity index (χ0n) is 54.5. The summed E-state index contributed by atoms with van der Waals surface area (Å²) in [6.07, 6.45) is 93.1. The summed E-state index contributed by atoms with van der Waals surface area (Å²) < 4.78 is 17.0. The smallest absolute Gasteiger partial charge is 0.306 e. The fraction of sp³-hybridized carbons (Fsp3) is 0.776. The van der Waals surface area contributed by atoms with E-state index in [1.807, 2.05) is 0 Å². The second kappa shape index (κ2) is 70.1. The van der Waals surface area contributed by atoms with Gasteiger partial charge >= 0.3 is 17.9 Å². The topological polar surface area (TPSA) is 78.9 Å². The summed E-state index contributed by atoms with van der Waals surface area (Å²) in [5, 5.41) is 0. The zero-order chi connectivity index (χ0) is 59.2. The molecule has 0 aromatic heterocycles. The van der Waals surface area contributed by atoms with Gasteiger partial charge in [-0.2, -0.15) is 0 Å². The van der Waals surface area contributed by atoms with Crippen LogP contribution in [0.1, 0.15) is 361 Å². The van der Waals surface area contributed by atoms with Gasteiger partial charge in [-0.1, -0.05) is 331 Å². The minimum Gasteiger partial charge on any atom is -0.462 e. The fourth-order valence-corrected chi connectivity index (χ4v) is 10.3. The molecule has 0 radical (unpaired) electrons. The van der Waals surface area contributed by atoms with E-state index in [1.54, 1.807) is 0 Å². The van der Waals surface area contributed by atoms with Crippen molar-refractivity contribution in [2.45, 2.75) is 367 Å². The van der Waals surface area contributed by atoms with Gasteiger partial charge in [-0.25, -0.2) is 0 Å². The first-order valence-electron chi connectivity index (χ1n) is 35.6. The third-order valence-corrected chi connectivity index (χ3v) is 15.6. The second-order valence-electron chi connectivity index (χ2n) is 23.8. The maximum absolute atomic E-state index is 13.0. The highest BCUT2D eigenvalue weighted by Crippen LogP contribution is 2.18. The van der Waals surface area contributed by atoms with E-state index in [9.17, 15) is 14.4 Å². The Kier molecular flexibility index (Phi) is 67.2. The Morgan fingerprint density at radius 3 is 0.768 bits per heavy atom. The SMILES string of the molecule is CC/C=C\C/C=C\C/C=C\C/C=C\C/C=C\CCCCCCCCCCCC(=O)OCC(COC(=O)CCCCCCCCC/C=C\C/C=C\CCCCC)OC(=O)CCCCCCCCCCCCCCCCCCCCCCCC. The molecule has 0 rings (SSSR count). The molecule has 0 aromatic carbocycles. The maximum Gasteiger partial charge on any atom is 0.306 e. The predicted molar refractivity (Wildman–Crippen MR) is 358 cm³/mol. The number of hydrogen-bond acceptors (Lipinski definition) is 6. The Morgan fingerprint density at radius 2 is 0.476 bits per heavy atom. The van der Waals surface area contributed by atoms with Crippen LogP contribution >= 0.6 is 0 Å². The van der Waals surface area contributed by atoms with Crippen molar-refractivity contribution in [1.29, 1.82) is 0 Å². The van der Waals surface area contributed by atoms with E-state index in [4.69, 9.17) is 14.2 Å². The van der Waals surface area contributed by atoms with E-state index in [0.717, 1.165) is 109 Å². The van der Waals surface area contributed by atoms with Crippen molar-refractivity contribution in [3.05, 3.63) is 85.1 Å². The lowest BCUT2D eigenvalue weighted by atomic mass is 10.0. The van der Waals surface area contributed by atoms with E-state index < -0.39 is 6.10 Å². The summed E-state index contributed by atoms with van der Waals surface area (Å²) in [6, 6.07) is 0. The van der Waals surface area contributed by atoms with Crippen LogP contribution in [0.4, 0.5) is 0 Å². The number of carbonyl (C=O) groups excluding carboxylic acids is 3. The molecule has 0 spiro atoms. The summed E-state index contributed by atoms with van der Waals surface area (Å²) >= 11 is 0. The molecule has 0 bridgehead atoms. The van der Waals surface area contributed by atoms with Crippen LogP contribution in [-0.2, 0) is 28.6 Å². The molecule has 0 aliphatic rings. The summed E-state index contributed by atoms with van der Waals surface area (Å²) in [6.45, 7) is 6.55. The van der Waals surface area contributed by atoms with Gasteiger partial charge in [-0.05, 0) is 96.3 Å². The lowest BCUT2D eigenvalue weighted by molar-refractivity contribution is -0.167. The summed E-state index contributed by atoms with van der Waals surface area (Å²) in [5.74, 6) is -0.871. The number of allylic oxidation sites excluding steroid dienone is 14. The highest BCUT2D eigenvalue weighted by atomic mass is 16.6. The molecule has 0 saturated carbocycles. The molecule has 0 N–H and O–H groups in total. The zero-order valence-corrected chi connectivity index (χ0v) is 54.5. The van der Waals surface area contributed by atoms with Crippen molar-refractivity contribution >= 4 is 17.9 Å². The summed E-state index contributed by atoms with van der Waals surface area (Å²) in [4.78, 5) is 38.5. The lowest BCUT2D eigenvalue weighted by Crippen LogP contribution is -2.30. The molecule has 0 fully saturated rings. The fourth-order valence-electron chi connectivity index (χ4n) is 10.3. The average Bonchev–Trinajstić information content (AvgIpc) is 3.47. The number of rotatable bonds is 65. The number of unbranched alkanes of at least 4 members (excludes halogenated alkanes) is 40. The standard InChI is InChI=1S/C76H134O6/c1-4-7-10-13-16-19-22-25-28-31-33-35-37-38-39-41-42-45-48-51-54-57-60-63-66-69-75(78)81-72-73(71-80-74(77)68-65-62-59-56-53-50-47-44-30-27-24-21-18-15-12-9-6-3)82-76(79)70-67-64-61-58-55-52-49-46-43-40-36-34-32-29-26-23-20-17-14-11-8-5-2/h7,10,16,18-19,21,25,27-28,30,33,35,38-39,73H,4-6,8-9,11-15,17,20,22-24,26,29,31-32,34,36-37,40-72H2,1-3H3/b10-7-,19-16-,21-18-,28-25-,30-27-,35-33-,39-38-. The number of hydrogen-bond donors (Lipinski definition) is 0. The monoisotopic (exact) mass is 1140 g/mol. The molecular weight excluding hydrogens is 1010 g/mol. The first kappa shape index (κ1) is 78.6. The van der Waals surface area contributed by atoms with Gasteiger partial charge in [-0.3, -0.25) is 14.4 Å². The molecule has 1 unspecified atom stereocenters. The third-order valence-electron chi connectivity index (χ3n) is 15.6. The van der Waals surface area contributed by atoms with Gasteiger partial charge in [0.25, 0.3) is 0 Å². The second-order valence-corrected chi connectivity index (χ2v) is 23.8. The molecular formula is C76H134O6. The third kappa shape index (κ3) is 67.4. The molecule has 1 atom stereocenters. The Balaban J connectivity index is 4.35. The molecule has 6 heteroatoms. The van der Waals surface area contributed by atoms with Gasteiger partial charge in [-0.15, -0.1) is 0 Å². The number of carbonyl (C=O) groups is 3. The molecule has 0 aliphatic heterocycles. The average molecular weight is 1140 g/mol. The van der Waals surface area contributed by atoms with Crippen molar-refractivity contribution in [1.82, 2.24) is 0 Å².